The molecule has 11 heteroatoms. The van der Waals surface area contributed by atoms with Crippen molar-refractivity contribution in [3.63, 3.8) is 0 Å². The standard InChI is InChI=1S/C28H31ClN6O3S/c1-15(2)37-17-9-12-35(13-10-17)26(29)27-30-11-8-22(34-27)38-21-7-4-18-19(33-21)5-6-20-23(18)24-25(39-20)28(36)32-16(3)14-31-24/h4-8,11,15-17,26,31H,9-10,12-14H2,1-3H3,(H,32,36)/t16-,26?/m1/s1. The molecule has 204 valence electrons. The van der Waals surface area contributed by atoms with Gasteiger partial charge < -0.3 is 20.1 Å². The van der Waals surface area contributed by atoms with Crippen molar-refractivity contribution in [2.75, 3.05) is 25.0 Å². The summed E-state index contributed by atoms with van der Waals surface area (Å²) in [5.74, 6) is 1.26. The van der Waals surface area contributed by atoms with Crippen molar-refractivity contribution < 1.29 is 14.3 Å². The smallest absolute Gasteiger partial charge is 0.263 e. The first-order chi connectivity index (χ1) is 18.9. The third-order valence-corrected chi connectivity index (χ3v) is 8.62. The topological polar surface area (TPSA) is 102 Å². The number of hydrogen-bond donors (Lipinski definition) is 2. The fraction of sp³-hybridized carbons (Fsp3) is 0.429. The number of anilines is 1. The van der Waals surface area contributed by atoms with Crippen LogP contribution in [-0.2, 0) is 4.74 Å². The molecule has 2 aliphatic rings. The van der Waals surface area contributed by atoms with E-state index >= 15 is 0 Å². The SMILES string of the molecule is CC(C)OC1CCN(C(Cl)c2nccc(Oc3ccc4c(ccc5sc6c(c54)NC[C@@H](C)NC6=O)n3)n2)CC1. The van der Waals surface area contributed by atoms with Crippen LogP contribution in [0.4, 0.5) is 5.69 Å². The maximum Gasteiger partial charge on any atom is 0.263 e. The molecule has 1 unspecified atom stereocenters. The van der Waals surface area contributed by atoms with Gasteiger partial charge in [-0.3, -0.25) is 9.69 Å². The van der Waals surface area contributed by atoms with Crippen molar-refractivity contribution in [2.45, 2.75) is 57.4 Å². The van der Waals surface area contributed by atoms with Gasteiger partial charge in [-0.25, -0.2) is 9.97 Å². The summed E-state index contributed by atoms with van der Waals surface area (Å²) < 4.78 is 13.0. The summed E-state index contributed by atoms with van der Waals surface area (Å²) in [5, 5.41) is 8.45. The molecule has 4 aromatic rings. The molecule has 2 atom stereocenters. The fourth-order valence-corrected chi connectivity index (χ4v) is 6.58. The highest BCUT2D eigenvalue weighted by molar-refractivity contribution is 7.21. The zero-order valence-corrected chi connectivity index (χ0v) is 23.7. The molecule has 2 aliphatic heterocycles. The predicted molar refractivity (Wildman–Crippen MR) is 154 cm³/mol. The molecule has 0 saturated carbocycles. The number of piperidine rings is 1. The number of benzene rings is 1. The lowest BCUT2D eigenvalue weighted by Gasteiger charge is -2.34. The molecule has 0 radical (unpaired) electrons. The predicted octanol–water partition coefficient (Wildman–Crippen LogP) is 5.70. The molecule has 1 saturated heterocycles. The number of carbonyl (C=O) groups is 1. The molecule has 2 N–H and O–H groups in total. The zero-order chi connectivity index (χ0) is 27.1. The van der Waals surface area contributed by atoms with Gasteiger partial charge in [-0.2, -0.15) is 4.98 Å². The Labute approximate surface area is 235 Å². The summed E-state index contributed by atoms with van der Waals surface area (Å²) in [6.45, 7) is 8.42. The average Bonchev–Trinajstić information content (AvgIpc) is 3.24. The number of nitrogens with one attached hydrogen (secondary N) is 2. The second-order valence-corrected chi connectivity index (χ2v) is 11.8. The maximum atomic E-state index is 12.7. The van der Waals surface area contributed by atoms with Gasteiger partial charge in [0.1, 0.15) is 10.4 Å². The van der Waals surface area contributed by atoms with Gasteiger partial charge in [-0.1, -0.05) is 11.6 Å². The van der Waals surface area contributed by atoms with E-state index in [9.17, 15) is 4.79 Å². The molecular formula is C28H31ClN6O3S. The summed E-state index contributed by atoms with van der Waals surface area (Å²) in [5.41, 5.74) is 1.19. The number of ether oxygens (including phenoxy) is 2. The van der Waals surface area contributed by atoms with Crippen molar-refractivity contribution in [1.29, 1.82) is 0 Å². The minimum Gasteiger partial charge on any atom is -0.421 e. The number of rotatable bonds is 6. The van der Waals surface area contributed by atoms with E-state index in [-0.39, 0.29) is 24.2 Å². The number of aromatic nitrogens is 3. The van der Waals surface area contributed by atoms with E-state index in [2.05, 4.69) is 39.3 Å². The highest BCUT2D eigenvalue weighted by Gasteiger charge is 2.28. The van der Waals surface area contributed by atoms with E-state index in [1.165, 1.54) is 11.3 Å². The van der Waals surface area contributed by atoms with E-state index < -0.39 is 5.50 Å². The van der Waals surface area contributed by atoms with Crippen LogP contribution in [0.5, 0.6) is 11.8 Å². The Morgan fingerprint density at radius 1 is 1.10 bits per heavy atom. The van der Waals surface area contributed by atoms with Crippen molar-refractivity contribution in [1.82, 2.24) is 25.2 Å². The van der Waals surface area contributed by atoms with Crippen LogP contribution in [0.25, 0.3) is 21.0 Å². The molecular weight excluding hydrogens is 536 g/mol. The van der Waals surface area contributed by atoms with Gasteiger partial charge >= 0.3 is 0 Å². The van der Waals surface area contributed by atoms with E-state index in [4.69, 9.17) is 26.1 Å². The molecule has 1 fully saturated rings. The molecule has 0 aliphatic carbocycles. The summed E-state index contributed by atoms with van der Waals surface area (Å²) in [7, 11) is 0. The molecule has 5 heterocycles. The molecule has 3 aromatic heterocycles. The van der Waals surface area contributed by atoms with Crippen molar-refractivity contribution in [3.05, 3.63) is 47.2 Å². The highest BCUT2D eigenvalue weighted by atomic mass is 35.5. The van der Waals surface area contributed by atoms with Crippen molar-refractivity contribution in [3.8, 4) is 11.8 Å². The first-order valence-electron chi connectivity index (χ1n) is 13.3. The Morgan fingerprint density at radius 3 is 2.69 bits per heavy atom. The van der Waals surface area contributed by atoms with Gasteiger partial charge in [0.2, 0.25) is 11.8 Å². The van der Waals surface area contributed by atoms with E-state index in [1.807, 2.05) is 31.2 Å². The van der Waals surface area contributed by atoms with Gasteiger partial charge in [0.25, 0.3) is 5.91 Å². The van der Waals surface area contributed by atoms with Crippen LogP contribution in [0.3, 0.4) is 0 Å². The number of fused-ring (bicyclic) bond motifs is 5. The third-order valence-electron chi connectivity index (χ3n) is 7.00. The van der Waals surface area contributed by atoms with Gasteiger partial charge in [-0.15, -0.1) is 11.3 Å². The second kappa shape index (κ2) is 10.8. The number of carbonyl (C=O) groups excluding carboxylic acids is 1. The molecule has 0 bridgehead atoms. The second-order valence-electron chi connectivity index (χ2n) is 10.3. The fourth-order valence-electron chi connectivity index (χ4n) is 5.19. The number of hydrogen-bond acceptors (Lipinski definition) is 9. The summed E-state index contributed by atoms with van der Waals surface area (Å²) in [6, 6.07) is 9.52. The van der Waals surface area contributed by atoms with Crippen molar-refractivity contribution >= 4 is 55.5 Å². The van der Waals surface area contributed by atoms with Crippen LogP contribution in [0.15, 0.2) is 36.5 Å². The first kappa shape index (κ1) is 26.2. The van der Waals surface area contributed by atoms with E-state index in [0.717, 1.165) is 52.6 Å². The van der Waals surface area contributed by atoms with Crippen LogP contribution >= 0.6 is 22.9 Å². The normalized spacial score (nSPS) is 19.5. The summed E-state index contributed by atoms with van der Waals surface area (Å²) in [6.07, 6.45) is 4.00. The quantitative estimate of drug-likeness (QED) is 0.226. The van der Waals surface area contributed by atoms with Crippen LogP contribution in [-0.4, -0.2) is 63.6 Å². The Hall–Kier alpha value is -3.05. The number of halogens is 1. The van der Waals surface area contributed by atoms with Crippen LogP contribution < -0.4 is 15.4 Å². The van der Waals surface area contributed by atoms with E-state index in [1.54, 1.807) is 12.3 Å². The van der Waals surface area contributed by atoms with Crippen LogP contribution in [0.1, 0.15) is 54.6 Å². The minimum atomic E-state index is -0.451. The number of alkyl halides is 1. The van der Waals surface area contributed by atoms with E-state index in [0.29, 0.717) is 29.0 Å². The summed E-state index contributed by atoms with van der Waals surface area (Å²) >= 11 is 8.27. The zero-order valence-electron chi connectivity index (χ0n) is 22.1. The van der Waals surface area contributed by atoms with Gasteiger partial charge in [-0.05, 0) is 51.8 Å². The van der Waals surface area contributed by atoms with Gasteiger partial charge in [0.05, 0.1) is 23.4 Å². The van der Waals surface area contributed by atoms with Crippen LogP contribution in [0.2, 0.25) is 0 Å². The van der Waals surface area contributed by atoms with Crippen LogP contribution in [0, 0.1) is 0 Å². The molecule has 9 nitrogen and oxygen atoms in total. The molecule has 0 spiro atoms. The Bertz CT molecular complexity index is 1520. The summed E-state index contributed by atoms with van der Waals surface area (Å²) in [4.78, 5) is 29.3. The molecule has 1 amide bonds. The lowest BCUT2D eigenvalue weighted by molar-refractivity contribution is -0.0292. The maximum absolute atomic E-state index is 12.7. The molecule has 6 rings (SSSR count). The average molecular weight is 567 g/mol. The Kier molecular flexibility index (Phi) is 7.28. The molecule has 1 aromatic carbocycles. The number of pyridine rings is 1. The molecule has 39 heavy (non-hydrogen) atoms. The van der Waals surface area contributed by atoms with Crippen molar-refractivity contribution in [2.24, 2.45) is 0 Å². The Balaban J connectivity index is 1.21. The number of amides is 1. The number of nitrogens with zero attached hydrogens (tertiary/aromatic N) is 4. The monoisotopic (exact) mass is 566 g/mol. The lowest BCUT2D eigenvalue weighted by atomic mass is 10.1. The highest BCUT2D eigenvalue weighted by Crippen LogP contribution is 2.41. The number of likely N-dealkylation sites (tertiary alicyclic amines) is 1. The minimum absolute atomic E-state index is 0.0461. The first-order valence-corrected chi connectivity index (χ1v) is 14.6. The third kappa shape index (κ3) is 5.38. The lowest BCUT2D eigenvalue weighted by Crippen LogP contribution is -2.39. The Morgan fingerprint density at radius 2 is 1.90 bits per heavy atom. The largest absolute Gasteiger partial charge is 0.421 e. The van der Waals surface area contributed by atoms with Gasteiger partial charge in [0, 0.05) is 59.5 Å². The number of thiophene rings is 1. The van der Waals surface area contributed by atoms with Gasteiger partial charge in [0.15, 0.2) is 5.82 Å².